The van der Waals surface area contributed by atoms with Gasteiger partial charge in [0.05, 0.1) is 0 Å². The highest BCUT2D eigenvalue weighted by atomic mass is 16.2. The number of hydrogen-bond donors (Lipinski definition) is 1. The lowest BCUT2D eigenvalue weighted by molar-refractivity contribution is -0.131. The second-order valence-electron chi connectivity index (χ2n) is 4.77. The first-order chi connectivity index (χ1) is 9.07. The van der Waals surface area contributed by atoms with Gasteiger partial charge in [-0.3, -0.25) is 9.59 Å². The largest absolute Gasteiger partial charge is 0.320 e. The SMILES string of the molecule is CNCCCCCCN(C)C.O=C1C=CC=CC1=O. The molecule has 0 heterocycles. The first-order valence-corrected chi connectivity index (χ1v) is 6.80. The summed E-state index contributed by atoms with van der Waals surface area (Å²) in [6, 6.07) is 0. The lowest BCUT2D eigenvalue weighted by Gasteiger charge is -2.08. The van der Waals surface area contributed by atoms with Crippen molar-refractivity contribution >= 4 is 11.6 Å². The molecule has 0 aromatic rings. The Morgan fingerprint density at radius 3 is 1.89 bits per heavy atom. The molecule has 0 atom stereocenters. The van der Waals surface area contributed by atoms with Gasteiger partial charge in [-0.25, -0.2) is 0 Å². The van der Waals surface area contributed by atoms with Crippen LogP contribution in [0.3, 0.4) is 0 Å². The maximum absolute atomic E-state index is 10.3. The van der Waals surface area contributed by atoms with E-state index in [0.29, 0.717) is 0 Å². The van der Waals surface area contributed by atoms with Gasteiger partial charge in [-0.15, -0.1) is 0 Å². The van der Waals surface area contributed by atoms with Crippen molar-refractivity contribution in [3.05, 3.63) is 24.3 Å². The Morgan fingerprint density at radius 1 is 0.947 bits per heavy atom. The van der Waals surface area contributed by atoms with E-state index in [9.17, 15) is 9.59 Å². The highest BCUT2D eigenvalue weighted by Gasteiger charge is 2.06. The van der Waals surface area contributed by atoms with Gasteiger partial charge in [-0.2, -0.15) is 0 Å². The molecule has 1 N–H and O–H groups in total. The first-order valence-electron chi connectivity index (χ1n) is 6.80. The zero-order valence-electron chi connectivity index (χ0n) is 12.3. The molecule has 1 aliphatic rings. The normalized spacial score (nSPS) is 13.7. The van der Waals surface area contributed by atoms with E-state index in [1.807, 2.05) is 7.05 Å². The zero-order chi connectivity index (χ0) is 14.5. The number of allylic oxidation sites excluding steroid dienone is 4. The van der Waals surface area contributed by atoms with Crippen LogP contribution in [-0.4, -0.2) is 50.7 Å². The Kier molecular flexibility index (Phi) is 11.0. The van der Waals surface area contributed by atoms with E-state index >= 15 is 0 Å². The summed E-state index contributed by atoms with van der Waals surface area (Å²) in [5.74, 6) is -0.875. The Bertz CT molecular complexity index is 298. The minimum atomic E-state index is -0.437. The zero-order valence-corrected chi connectivity index (χ0v) is 12.3. The maximum Gasteiger partial charge on any atom is 0.225 e. The molecular weight excluding hydrogens is 240 g/mol. The lowest BCUT2D eigenvalue weighted by atomic mass is 10.1. The van der Waals surface area contributed by atoms with E-state index in [1.165, 1.54) is 50.9 Å². The number of ketones is 2. The topological polar surface area (TPSA) is 49.4 Å². The summed E-state index contributed by atoms with van der Waals surface area (Å²) in [6.45, 7) is 2.40. The Labute approximate surface area is 116 Å². The summed E-state index contributed by atoms with van der Waals surface area (Å²) in [5.41, 5.74) is 0. The molecule has 19 heavy (non-hydrogen) atoms. The quantitative estimate of drug-likeness (QED) is 0.432. The number of nitrogens with zero attached hydrogens (tertiary/aromatic N) is 1. The Hall–Kier alpha value is -1.26. The van der Waals surface area contributed by atoms with Gasteiger partial charge < -0.3 is 10.2 Å². The van der Waals surface area contributed by atoms with Gasteiger partial charge in [0.2, 0.25) is 11.6 Å². The molecule has 0 bridgehead atoms. The van der Waals surface area contributed by atoms with E-state index in [-0.39, 0.29) is 0 Å². The van der Waals surface area contributed by atoms with Crippen LogP contribution in [0, 0.1) is 0 Å². The molecule has 0 spiro atoms. The third-order valence-corrected chi connectivity index (χ3v) is 2.63. The monoisotopic (exact) mass is 266 g/mol. The van der Waals surface area contributed by atoms with Crippen molar-refractivity contribution in [1.29, 1.82) is 0 Å². The van der Waals surface area contributed by atoms with Gasteiger partial charge in [0.1, 0.15) is 0 Å². The van der Waals surface area contributed by atoms with Crippen LogP contribution in [0.4, 0.5) is 0 Å². The van der Waals surface area contributed by atoms with Crippen molar-refractivity contribution < 1.29 is 9.59 Å². The van der Waals surface area contributed by atoms with Crippen LogP contribution < -0.4 is 5.32 Å². The van der Waals surface area contributed by atoms with Crippen LogP contribution in [0.5, 0.6) is 0 Å². The van der Waals surface area contributed by atoms with Gasteiger partial charge in [0.25, 0.3) is 0 Å². The molecule has 4 heteroatoms. The van der Waals surface area contributed by atoms with Crippen molar-refractivity contribution in [3.63, 3.8) is 0 Å². The number of nitrogens with one attached hydrogen (secondary N) is 1. The molecule has 0 radical (unpaired) electrons. The number of carbonyl (C=O) groups is 2. The number of rotatable bonds is 7. The summed E-state index contributed by atoms with van der Waals surface area (Å²) in [4.78, 5) is 22.9. The lowest BCUT2D eigenvalue weighted by Crippen LogP contribution is -2.13. The second kappa shape index (κ2) is 11.8. The second-order valence-corrected chi connectivity index (χ2v) is 4.77. The Morgan fingerprint density at radius 2 is 1.47 bits per heavy atom. The summed E-state index contributed by atoms with van der Waals surface area (Å²) in [7, 11) is 6.28. The van der Waals surface area contributed by atoms with E-state index in [0.717, 1.165) is 0 Å². The fraction of sp³-hybridized carbons (Fsp3) is 0.600. The molecule has 0 amide bonds. The van der Waals surface area contributed by atoms with E-state index in [4.69, 9.17) is 0 Å². The van der Waals surface area contributed by atoms with E-state index in [1.54, 1.807) is 12.2 Å². The molecule has 4 nitrogen and oxygen atoms in total. The molecule has 0 fully saturated rings. The standard InChI is InChI=1S/C9H22N2.C6H4O2/c1-10-8-6-4-5-7-9-11(2)3;7-5-3-1-2-4-6(5)8/h10H,4-9H2,1-3H3;1-4H. The van der Waals surface area contributed by atoms with E-state index in [2.05, 4.69) is 24.3 Å². The molecule has 0 aromatic carbocycles. The highest BCUT2D eigenvalue weighted by molar-refractivity contribution is 6.46. The molecule has 108 valence electrons. The summed E-state index contributed by atoms with van der Waals surface area (Å²) in [5, 5.41) is 3.16. The van der Waals surface area contributed by atoms with Gasteiger partial charge >= 0.3 is 0 Å². The Balaban J connectivity index is 0.000000356. The highest BCUT2D eigenvalue weighted by Crippen LogP contribution is 1.98. The third-order valence-electron chi connectivity index (χ3n) is 2.63. The average molecular weight is 266 g/mol. The molecule has 1 rings (SSSR count). The molecule has 0 saturated carbocycles. The van der Waals surface area contributed by atoms with Gasteiger partial charge in [0, 0.05) is 0 Å². The van der Waals surface area contributed by atoms with Crippen LogP contribution >= 0.6 is 0 Å². The minimum Gasteiger partial charge on any atom is -0.320 e. The average Bonchev–Trinajstić information content (AvgIpc) is 2.38. The first kappa shape index (κ1) is 17.7. The number of carbonyl (C=O) groups excluding carboxylic acids is 2. The van der Waals surface area contributed by atoms with Crippen molar-refractivity contribution in [1.82, 2.24) is 10.2 Å². The van der Waals surface area contributed by atoms with Gasteiger partial charge in [-0.05, 0) is 59.2 Å². The third kappa shape index (κ3) is 11.6. The fourth-order valence-electron chi connectivity index (χ4n) is 1.53. The molecule has 0 aliphatic heterocycles. The van der Waals surface area contributed by atoms with Crippen molar-refractivity contribution in [3.8, 4) is 0 Å². The van der Waals surface area contributed by atoms with Gasteiger partial charge in [-0.1, -0.05) is 25.0 Å². The van der Waals surface area contributed by atoms with Crippen molar-refractivity contribution in [2.24, 2.45) is 0 Å². The predicted octanol–water partition coefficient (Wildman–Crippen LogP) is 1.58. The van der Waals surface area contributed by atoms with Crippen LogP contribution in [0.25, 0.3) is 0 Å². The van der Waals surface area contributed by atoms with Crippen LogP contribution in [-0.2, 0) is 9.59 Å². The van der Waals surface area contributed by atoms with Crippen LogP contribution in [0.15, 0.2) is 24.3 Å². The summed E-state index contributed by atoms with van der Waals surface area (Å²) >= 11 is 0. The van der Waals surface area contributed by atoms with Crippen LogP contribution in [0.1, 0.15) is 25.7 Å². The smallest absolute Gasteiger partial charge is 0.225 e. The summed E-state index contributed by atoms with van der Waals surface area (Å²) < 4.78 is 0. The predicted molar refractivity (Wildman–Crippen MR) is 79.2 cm³/mol. The minimum absolute atomic E-state index is 0.437. The molecule has 0 aromatic heterocycles. The molecule has 0 unspecified atom stereocenters. The molecule has 1 aliphatic carbocycles. The molecular formula is C15H26N2O2. The van der Waals surface area contributed by atoms with E-state index < -0.39 is 11.6 Å². The number of hydrogen-bond acceptors (Lipinski definition) is 4. The summed E-state index contributed by atoms with van der Waals surface area (Å²) in [6.07, 6.45) is 11.0. The van der Waals surface area contributed by atoms with Gasteiger partial charge in [0.15, 0.2) is 0 Å². The van der Waals surface area contributed by atoms with Crippen molar-refractivity contribution in [2.75, 3.05) is 34.2 Å². The number of unbranched alkanes of at least 4 members (excludes halogenated alkanes) is 3. The van der Waals surface area contributed by atoms with Crippen LogP contribution in [0.2, 0.25) is 0 Å². The maximum atomic E-state index is 10.3. The fourth-order valence-corrected chi connectivity index (χ4v) is 1.53. The van der Waals surface area contributed by atoms with Crippen molar-refractivity contribution in [2.45, 2.75) is 25.7 Å². The molecule has 0 saturated heterocycles.